The number of aldehydes is 1. The Morgan fingerprint density at radius 3 is 2.38 bits per heavy atom. The van der Waals surface area contributed by atoms with Gasteiger partial charge in [0.2, 0.25) is 0 Å². The third kappa shape index (κ3) is 4.39. The Bertz CT molecular complexity index is 577. The van der Waals surface area contributed by atoms with Gasteiger partial charge in [0.15, 0.2) is 19.8 Å². The zero-order valence-electron chi connectivity index (χ0n) is 15.7. The Hall–Kier alpha value is -1.33. The molecule has 5 heteroatoms. The van der Waals surface area contributed by atoms with Crippen molar-refractivity contribution in [3.8, 4) is 11.5 Å². The van der Waals surface area contributed by atoms with E-state index in [0.717, 1.165) is 25.5 Å². The van der Waals surface area contributed by atoms with Crippen molar-refractivity contribution in [1.29, 1.82) is 0 Å². The maximum Gasteiger partial charge on any atom is 0.192 e. The number of ether oxygens (including phenoxy) is 2. The smallest absolute Gasteiger partial charge is 0.192 e. The van der Waals surface area contributed by atoms with Crippen molar-refractivity contribution in [2.45, 2.75) is 70.4 Å². The summed E-state index contributed by atoms with van der Waals surface area (Å²) in [5.74, 6) is 1.30. The van der Waals surface area contributed by atoms with Crippen LogP contribution < -0.4 is 9.47 Å². The van der Waals surface area contributed by atoms with Crippen LogP contribution in [0.15, 0.2) is 18.2 Å². The molecule has 1 aliphatic carbocycles. The molecule has 1 aromatic carbocycles. The minimum atomic E-state index is -1.75. The van der Waals surface area contributed by atoms with Crippen LogP contribution in [0.5, 0.6) is 11.5 Å². The van der Waals surface area contributed by atoms with E-state index >= 15 is 0 Å². The summed E-state index contributed by atoms with van der Waals surface area (Å²) in [6.45, 7) is 11.4. The van der Waals surface area contributed by atoms with Crippen LogP contribution >= 0.6 is 0 Å². The summed E-state index contributed by atoms with van der Waals surface area (Å²) in [5.41, 5.74) is 0.595. The third-order valence-corrected chi connectivity index (χ3v) is 9.76. The van der Waals surface area contributed by atoms with E-state index in [1.54, 1.807) is 25.3 Å². The molecule has 0 heterocycles. The van der Waals surface area contributed by atoms with E-state index in [2.05, 4.69) is 33.9 Å². The van der Waals surface area contributed by atoms with Gasteiger partial charge in [-0.05, 0) is 49.2 Å². The molecule has 0 bridgehead atoms. The van der Waals surface area contributed by atoms with E-state index in [9.17, 15) is 4.79 Å². The predicted molar refractivity (Wildman–Crippen MR) is 98.7 cm³/mol. The fraction of sp³-hybridized carbons (Fsp3) is 0.632. The number of benzene rings is 1. The lowest BCUT2D eigenvalue weighted by molar-refractivity contribution is 0.112. The highest BCUT2D eigenvalue weighted by Crippen LogP contribution is 2.40. The molecule has 1 aromatic rings. The molecule has 0 radical (unpaired) electrons. The van der Waals surface area contributed by atoms with Gasteiger partial charge in [0.05, 0.1) is 7.11 Å². The molecule has 1 aliphatic rings. The van der Waals surface area contributed by atoms with E-state index in [1.807, 2.05) is 0 Å². The molecule has 1 saturated carbocycles. The Morgan fingerprint density at radius 2 is 1.79 bits per heavy atom. The van der Waals surface area contributed by atoms with Gasteiger partial charge in [0, 0.05) is 18.1 Å². The average Bonchev–Trinajstić information content (AvgIpc) is 2.92. The molecule has 0 aliphatic heterocycles. The lowest BCUT2D eigenvalue weighted by Crippen LogP contribution is -2.43. The zero-order chi connectivity index (χ0) is 18.0. The maximum atomic E-state index is 11.0. The van der Waals surface area contributed by atoms with Gasteiger partial charge in [-0.15, -0.1) is 0 Å². The number of hydrogen-bond donors (Lipinski definition) is 0. The number of carbonyl (C=O) groups excluding carboxylic acids is 1. The molecule has 4 nitrogen and oxygen atoms in total. The fourth-order valence-electron chi connectivity index (χ4n) is 2.75. The van der Waals surface area contributed by atoms with Gasteiger partial charge >= 0.3 is 0 Å². The largest absolute Gasteiger partial charge is 0.493 e. The van der Waals surface area contributed by atoms with Crippen molar-refractivity contribution in [1.82, 2.24) is 0 Å². The van der Waals surface area contributed by atoms with Gasteiger partial charge in [0.25, 0.3) is 0 Å². The third-order valence-electron chi connectivity index (χ3n) is 5.22. The summed E-state index contributed by atoms with van der Waals surface area (Å²) in [6.07, 6.45) is 4.07. The highest BCUT2D eigenvalue weighted by atomic mass is 28.4. The van der Waals surface area contributed by atoms with Crippen LogP contribution in [0.4, 0.5) is 0 Å². The summed E-state index contributed by atoms with van der Waals surface area (Å²) in [4.78, 5) is 11.0. The predicted octanol–water partition coefficient (Wildman–Crippen LogP) is 4.83. The van der Waals surface area contributed by atoms with Gasteiger partial charge < -0.3 is 13.9 Å². The second-order valence-electron chi connectivity index (χ2n) is 8.08. The van der Waals surface area contributed by atoms with Crippen LogP contribution in [0, 0.1) is 0 Å². The standard InChI is InChI=1S/C19H30O4Si/c1-19(2,3)24(5,6)23-16-9-8-15(12-16)22-18-11-14(13-20)7-10-17(18)21-4/h7,10-11,13,15-16H,8-9,12H2,1-6H3. The minimum Gasteiger partial charge on any atom is -0.493 e. The first kappa shape index (κ1) is 19.0. The molecule has 0 saturated heterocycles. The van der Waals surface area contributed by atoms with E-state index in [0.29, 0.717) is 17.1 Å². The molecule has 2 rings (SSSR count). The maximum absolute atomic E-state index is 11.0. The van der Waals surface area contributed by atoms with Crippen molar-refractivity contribution < 1.29 is 18.7 Å². The monoisotopic (exact) mass is 350 g/mol. The lowest BCUT2D eigenvalue weighted by Gasteiger charge is -2.38. The topological polar surface area (TPSA) is 44.8 Å². The van der Waals surface area contributed by atoms with E-state index in [4.69, 9.17) is 13.9 Å². The van der Waals surface area contributed by atoms with Crippen molar-refractivity contribution in [2.75, 3.05) is 7.11 Å². The first-order valence-electron chi connectivity index (χ1n) is 8.64. The van der Waals surface area contributed by atoms with E-state index < -0.39 is 8.32 Å². The molecule has 0 N–H and O–H groups in total. The first-order chi connectivity index (χ1) is 11.2. The number of methoxy groups -OCH3 is 1. The lowest BCUT2D eigenvalue weighted by atomic mass is 10.2. The normalized spacial score (nSPS) is 21.6. The number of rotatable bonds is 6. The van der Waals surface area contributed by atoms with Crippen molar-refractivity contribution >= 4 is 14.6 Å². The van der Waals surface area contributed by atoms with Gasteiger partial charge in [0.1, 0.15) is 12.4 Å². The Morgan fingerprint density at radius 1 is 1.12 bits per heavy atom. The van der Waals surface area contributed by atoms with Crippen LogP contribution in [0.3, 0.4) is 0 Å². The van der Waals surface area contributed by atoms with Gasteiger partial charge in [-0.2, -0.15) is 0 Å². The molecule has 24 heavy (non-hydrogen) atoms. The summed E-state index contributed by atoms with van der Waals surface area (Å²) in [7, 11) is -0.139. The molecule has 2 unspecified atom stereocenters. The molecular weight excluding hydrogens is 320 g/mol. The second kappa shape index (κ2) is 7.27. The van der Waals surface area contributed by atoms with Crippen molar-refractivity contribution in [3.63, 3.8) is 0 Å². The van der Waals surface area contributed by atoms with Crippen LogP contribution in [0.25, 0.3) is 0 Å². The quantitative estimate of drug-likeness (QED) is 0.544. The van der Waals surface area contributed by atoms with Crippen molar-refractivity contribution in [3.05, 3.63) is 23.8 Å². The summed E-state index contributed by atoms with van der Waals surface area (Å²) >= 11 is 0. The van der Waals surface area contributed by atoms with Gasteiger partial charge in [-0.25, -0.2) is 0 Å². The van der Waals surface area contributed by atoms with E-state index in [-0.39, 0.29) is 17.2 Å². The average molecular weight is 351 g/mol. The molecule has 0 amide bonds. The van der Waals surface area contributed by atoms with Crippen molar-refractivity contribution in [2.24, 2.45) is 0 Å². The van der Waals surface area contributed by atoms with Crippen LogP contribution in [-0.4, -0.2) is 33.9 Å². The highest BCUT2D eigenvalue weighted by molar-refractivity contribution is 6.74. The summed E-state index contributed by atoms with van der Waals surface area (Å²) < 4.78 is 18.0. The fourth-order valence-corrected chi connectivity index (χ4v) is 4.15. The minimum absolute atomic E-state index is 0.107. The van der Waals surface area contributed by atoms with Crippen LogP contribution in [0.1, 0.15) is 50.4 Å². The van der Waals surface area contributed by atoms with E-state index in [1.165, 1.54) is 0 Å². The van der Waals surface area contributed by atoms with Crippen LogP contribution in [-0.2, 0) is 4.43 Å². The van der Waals surface area contributed by atoms with Gasteiger partial charge in [-0.3, -0.25) is 4.79 Å². The molecule has 1 fully saturated rings. The summed E-state index contributed by atoms with van der Waals surface area (Å²) in [6, 6.07) is 5.25. The molecule has 134 valence electrons. The first-order valence-corrected chi connectivity index (χ1v) is 11.5. The second-order valence-corrected chi connectivity index (χ2v) is 12.8. The SMILES string of the molecule is COc1ccc(C=O)cc1OC1CCC(O[Si](C)(C)C(C)(C)C)C1. The molecular formula is C19H30O4Si. The molecule has 0 aromatic heterocycles. The summed E-state index contributed by atoms with van der Waals surface area (Å²) in [5, 5.41) is 0.216. The Kier molecular flexibility index (Phi) is 5.76. The van der Waals surface area contributed by atoms with Gasteiger partial charge in [-0.1, -0.05) is 20.8 Å². The number of hydrogen-bond acceptors (Lipinski definition) is 4. The Balaban J connectivity index is 2.01. The molecule has 0 spiro atoms. The van der Waals surface area contributed by atoms with Crippen LogP contribution in [0.2, 0.25) is 18.1 Å². The number of carbonyl (C=O) groups is 1. The highest BCUT2D eigenvalue weighted by Gasteiger charge is 2.41. The Labute approximate surface area is 146 Å². The molecule has 2 atom stereocenters. The zero-order valence-corrected chi connectivity index (χ0v) is 16.7.